The first kappa shape index (κ1) is 55.6. The number of aliphatic hydroxyl groups excluding tert-OH is 3. The molecule has 0 radical (unpaired) electrons. The van der Waals surface area contributed by atoms with Crippen molar-refractivity contribution in [2.45, 2.75) is 73.8 Å². The number of nitrogen functional groups attached to an aromatic ring is 3. The fourth-order valence-corrected chi connectivity index (χ4v) is 13.7. The van der Waals surface area contributed by atoms with Crippen molar-refractivity contribution in [3.63, 3.8) is 0 Å². The zero-order valence-electron chi connectivity index (χ0n) is 39.2. The maximum Gasteiger partial charge on any atom is 0.490 e. The van der Waals surface area contributed by atoms with Crippen LogP contribution in [0, 0.1) is 5.92 Å². The molecule has 76 heavy (non-hydrogen) atoms. The Labute approximate surface area is 422 Å². The number of nitrogens with two attached hydrogens (primary N) is 3. The van der Waals surface area contributed by atoms with Crippen molar-refractivity contribution in [2.75, 3.05) is 51.2 Å². The van der Waals surface area contributed by atoms with Crippen LogP contribution < -0.4 is 32.9 Å². The summed E-state index contributed by atoms with van der Waals surface area (Å²) in [5.74, 6) is -1.55. The fourth-order valence-electron chi connectivity index (χ4n) is 9.12. The maximum atomic E-state index is 13.7. The molecule has 0 amide bonds. The number of imidazole rings is 3. The van der Waals surface area contributed by atoms with Crippen LogP contribution in [-0.4, -0.2) is 171 Å². The molecule has 2 saturated heterocycles. The summed E-state index contributed by atoms with van der Waals surface area (Å²) in [6.07, 6.45) is -11.1. The third-order valence-corrected chi connectivity index (χ3v) is 17.6. The van der Waals surface area contributed by atoms with Gasteiger partial charge < -0.3 is 71.0 Å². The molecule has 16 unspecified atom stereocenters. The van der Waals surface area contributed by atoms with Crippen molar-refractivity contribution in [3.05, 3.63) is 46.0 Å². The highest BCUT2D eigenvalue weighted by Gasteiger charge is 2.54. The van der Waals surface area contributed by atoms with Crippen LogP contribution in [0.3, 0.4) is 0 Å². The number of anilines is 3. The van der Waals surface area contributed by atoms with Gasteiger partial charge in [-0.3, -0.25) is 51.4 Å². The minimum Gasteiger partial charge on any atom is -0.387 e. The number of hydrogen-bond donors (Lipinski definition) is 12. The van der Waals surface area contributed by atoms with Crippen molar-refractivity contribution in [1.82, 2.24) is 53.6 Å². The van der Waals surface area contributed by atoms with Gasteiger partial charge in [-0.1, -0.05) is 4.98 Å². The quantitative estimate of drug-likeness (QED) is 0.0262. The highest BCUT2D eigenvalue weighted by Crippen LogP contribution is 2.68. The Morgan fingerprint density at radius 1 is 0.697 bits per heavy atom. The van der Waals surface area contributed by atoms with Gasteiger partial charge in [-0.15, -0.1) is 0 Å². The fraction of sp³-hybridized carbons (Fsp3) is 0.559. The number of phosphoric ester groups is 3. The van der Waals surface area contributed by atoms with Gasteiger partial charge in [-0.05, 0) is 6.42 Å². The van der Waals surface area contributed by atoms with E-state index in [1.807, 2.05) is 0 Å². The summed E-state index contributed by atoms with van der Waals surface area (Å²) in [5, 5.41) is 33.0. The van der Waals surface area contributed by atoms with Crippen LogP contribution in [0.5, 0.6) is 0 Å². The molecule has 15 N–H and O–H groups in total. The number of fused-ring (bicyclic) bond motifs is 3. The molecular formula is C34H48N15O23P4+. The van der Waals surface area contributed by atoms with E-state index in [9.17, 15) is 62.7 Å². The maximum absolute atomic E-state index is 13.7. The van der Waals surface area contributed by atoms with E-state index in [0.717, 1.165) is 30.7 Å². The van der Waals surface area contributed by atoms with Crippen molar-refractivity contribution in [1.29, 1.82) is 0 Å². The summed E-state index contributed by atoms with van der Waals surface area (Å²) in [4.78, 5) is 96.4. The number of nitrogens with zero attached hydrogens (tertiary/aromatic N) is 10. The Hall–Kier alpha value is -5.11. The monoisotopic (exact) mass is 1160 g/mol. The number of phosphoric acid groups is 4. The van der Waals surface area contributed by atoms with Crippen LogP contribution in [0.25, 0.3) is 33.5 Å². The molecule has 2 aliphatic heterocycles. The number of aliphatic hydroxyl groups is 3. The molecule has 1 aliphatic carbocycles. The number of hydrogen-bond acceptors (Lipinski definition) is 28. The van der Waals surface area contributed by atoms with Gasteiger partial charge in [0.05, 0.1) is 45.6 Å². The molecule has 16 atom stereocenters. The van der Waals surface area contributed by atoms with Crippen LogP contribution >= 0.6 is 31.3 Å². The number of H-pyrrole nitrogens is 2. The van der Waals surface area contributed by atoms with E-state index in [0.29, 0.717) is 0 Å². The van der Waals surface area contributed by atoms with Gasteiger partial charge in [-0.2, -0.15) is 13.6 Å². The Morgan fingerprint density at radius 3 is 1.97 bits per heavy atom. The van der Waals surface area contributed by atoms with Crippen LogP contribution in [0.2, 0.25) is 0 Å². The van der Waals surface area contributed by atoms with E-state index in [1.54, 1.807) is 0 Å². The third kappa shape index (κ3) is 11.0. The predicted molar refractivity (Wildman–Crippen MR) is 247 cm³/mol. The second kappa shape index (κ2) is 20.9. The Kier molecular flexibility index (Phi) is 15.3. The van der Waals surface area contributed by atoms with Gasteiger partial charge in [0.1, 0.15) is 60.6 Å². The van der Waals surface area contributed by atoms with Crippen LogP contribution in [0.4, 0.5) is 17.7 Å². The van der Waals surface area contributed by atoms with Gasteiger partial charge in [0.2, 0.25) is 11.5 Å². The lowest BCUT2D eigenvalue weighted by Crippen LogP contribution is -2.45. The molecule has 42 heteroatoms. The van der Waals surface area contributed by atoms with E-state index in [4.69, 9.17) is 54.2 Å². The van der Waals surface area contributed by atoms with E-state index >= 15 is 0 Å². The molecule has 9 rings (SSSR count). The van der Waals surface area contributed by atoms with Gasteiger partial charge in [-0.25, -0.2) is 42.8 Å². The first-order chi connectivity index (χ1) is 35.7. The summed E-state index contributed by atoms with van der Waals surface area (Å²) in [6, 6.07) is -0.888. The highest BCUT2D eigenvalue weighted by atomic mass is 31.3. The largest absolute Gasteiger partial charge is 0.490 e. The Balaban J connectivity index is 0.866. The molecule has 416 valence electrons. The number of aryl methyl sites for hydroxylation is 1. The number of rotatable bonds is 20. The van der Waals surface area contributed by atoms with Gasteiger partial charge >= 0.3 is 36.9 Å². The summed E-state index contributed by atoms with van der Waals surface area (Å²) >= 11 is 0. The smallest absolute Gasteiger partial charge is 0.387 e. The molecular weight excluding hydrogens is 1110 g/mol. The number of methoxy groups -OCH3 is 2. The molecule has 1 saturated carbocycles. The Morgan fingerprint density at radius 2 is 1.29 bits per heavy atom. The molecule has 6 aromatic rings. The summed E-state index contributed by atoms with van der Waals surface area (Å²) in [5.41, 5.74) is 16.0. The van der Waals surface area contributed by atoms with E-state index in [1.165, 1.54) is 34.2 Å². The average Bonchev–Trinajstić information content (AvgIpc) is 4.18. The average molecular weight is 1160 g/mol. The summed E-state index contributed by atoms with van der Waals surface area (Å²) < 4.78 is 110. The van der Waals surface area contributed by atoms with Crippen LogP contribution in [0.1, 0.15) is 24.9 Å². The lowest BCUT2D eigenvalue weighted by molar-refractivity contribution is -0.707. The number of aromatic amines is 2. The second-order valence-corrected chi connectivity index (χ2v) is 23.2. The molecule has 6 aromatic heterocycles. The zero-order chi connectivity index (χ0) is 55.0. The predicted octanol–water partition coefficient (Wildman–Crippen LogP) is -3.39. The number of aromatic nitrogens is 12. The van der Waals surface area contributed by atoms with Gasteiger partial charge in [0.15, 0.2) is 41.4 Å². The van der Waals surface area contributed by atoms with Crippen LogP contribution in [0.15, 0.2) is 34.9 Å². The molecule has 0 bridgehead atoms. The topological polar surface area (TPSA) is 542 Å². The molecule has 3 aliphatic rings. The minimum atomic E-state index is -6.14. The lowest BCUT2D eigenvalue weighted by atomic mass is 10.1. The molecule has 8 heterocycles. The van der Waals surface area contributed by atoms with Crippen molar-refractivity contribution in [2.24, 2.45) is 13.0 Å². The standard InChI is InChI=1S/C34H47N15O23P4/c1-46-11-49(28-18(46)30(54)45-34(37)43-28)13-4-12(22(63-2)19(13)50)5-65-74(57,58)71-76(61,62)72-75(59,60)67-7-15-23(24(64-3)32(69-15)47-9-40-16-25(35)38-8-39-26(16)47)70-73(55,56)66-6-14-20(51)21(52)31(68-14)48-10-41-17-27(48)42-33(36)44-29(17)53/h8-15,19-24,31-32,50-52H,4-7H2,1-3H3,(H11-,35,36,37,38,39,42,43,44,45,53,54,55,56,57,58,59,60,61,62)/p+1. The van der Waals surface area contributed by atoms with Crippen molar-refractivity contribution < 1.29 is 103 Å². The van der Waals surface area contributed by atoms with Gasteiger partial charge in [0, 0.05) is 20.1 Å². The molecule has 0 spiro atoms. The second-order valence-electron chi connectivity index (χ2n) is 17.2. The molecule has 0 aromatic carbocycles. The summed E-state index contributed by atoms with van der Waals surface area (Å²) in [7, 11) is -19.4. The lowest BCUT2D eigenvalue weighted by Gasteiger charge is -2.26. The van der Waals surface area contributed by atoms with E-state index in [2.05, 4.69) is 48.5 Å². The van der Waals surface area contributed by atoms with E-state index in [-0.39, 0.29) is 57.6 Å². The molecule has 38 nitrogen and oxygen atoms in total. The first-order valence-corrected chi connectivity index (χ1v) is 27.9. The zero-order valence-corrected chi connectivity index (χ0v) is 42.8. The van der Waals surface area contributed by atoms with Gasteiger partial charge in [0.25, 0.3) is 17.1 Å². The van der Waals surface area contributed by atoms with Crippen molar-refractivity contribution >= 4 is 82.5 Å². The normalized spacial score (nSPS) is 30.2. The summed E-state index contributed by atoms with van der Waals surface area (Å²) in [6.45, 7) is -3.00. The van der Waals surface area contributed by atoms with Crippen LogP contribution in [-0.2, 0) is 71.0 Å². The third-order valence-electron chi connectivity index (χ3n) is 12.4. The Bertz CT molecular complexity index is 3490. The molecule has 3 fully saturated rings. The van der Waals surface area contributed by atoms with Crippen molar-refractivity contribution in [3.8, 4) is 0 Å². The van der Waals surface area contributed by atoms with E-state index < -0.39 is 135 Å². The highest BCUT2D eigenvalue weighted by molar-refractivity contribution is 7.66. The number of ether oxygens (including phenoxy) is 4. The minimum absolute atomic E-state index is 0.0215. The SMILES string of the molecule is COC1C(COP(=O)(O)OP(=O)(O)OP(=O)(O)OCC2OC(n3cnc4c(N)ncnc43)C(OC)C2OP(=O)(O)OCC2OC(n3cnc4c(=O)[nH]c(N)nc43)C(O)C2O)CC([n+]2cn(C)c3c(=O)[nH]c(N)nc32)C1O. The number of nitrogens with one attached hydrogen (secondary N) is 2. The first-order valence-electron chi connectivity index (χ1n) is 21.9.